The van der Waals surface area contributed by atoms with Gasteiger partial charge in [-0.05, 0) is 72.9 Å². The lowest BCUT2D eigenvalue weighted by molar-refractivity contribution is -0.125. The van der Waals surface area contributed by atoms with Crippen molar-refractivity contribution in [3.8, 4) is 5.75 Å². The Balaban J connectivity index is 1.18. The van der Waals surface area contributed by atoms with E-state index in [1.54, 1.807) is 31.4 Å². The lowest BCUT2D eigenvalue weighted by atomic mass is 10.0. The van der Waals surface area contributed by atoms with Gasteiger partial charge in [0, 0.05) is 0 Å². The molecule has 3 amide bonds. The van der Waals surface area contributed by atoms with E-state index in [2.05, 4.69) is 5.32 Å². The van der Waals surface area contributed by atoms with Crippen molar-refractivity contribution >= 4 is 29.4 Å². The number of amides is 3. The molecule has 3 aromatic rings. The van der Waals surface area contributed by atoms with Gasteiger partial charge in [0.2, 0.25) is 0 Å². The fourth-order valence-electron chi connectivity index (χ4n) is 4.31. The van der Waals surface area contributed by atoms with Crippen LogP contribution in [0, 0.1) is 5.92 Å². The van der Waals surface area contributed by atoms with E-state index in [4.69, 9.17) is 9.47 Å². The zero-order valence-electron chi connectivity index (χ0n) is 19.6. The number of carbonyl (C=O) groups excluding carboxylic acids is 4. The quantitative estimate of drug-likeness (QED) is 0.384. The first-order valence-electron chi connectivity index (χ1n) is 11.6. The minimum atomic E-state index is -0.675. The highest BCUT2D eigenvalue weighted by Gasteiger charge is 2.36. The van der Waals surface area contributed by atoms with Crippen molar-refractivity contribution in [1.29, 1.82) is 0 Å². The Morgan fingerprint density at radius 1 is 0.917 bits per heavy atom. The van der Waals surface area contributed by atoms with E-state index in [9.17, 15) is 19.2 Å². The van der Waals surface area contributed by atoms with Gasteiger partial charge in [-0.1, -0.05) is 24.3 Å². The number of hydrogen-bond acceptors (Lipinski definition) is 6. The van der Waals surface area contributed by atoms with E-state index in [1.807, 2.05) is 24.3 Å². The van der Waals surface area contributed by atoms with E-state index in [0.29, 0.717) is 22.7 Å². The number of fused-ring (bicyclic) bond motifs is 1. The second-order valence-electron chi connectivity index (χ2n) is 8.77. The van der Waals surface area contributed by atoms with Crippen molar-refractivity contribution in [2.45, 2.75) is 18.9 Å². The molecular weight excluding hydrogens is 460 g/mol. The Kier molecular flexibility index (Phi) is 6.25. The van der Waals surface area contributed by atoms with Gasteiger partial charge in [0.05, 0.1) is 35.5 Å². The monoisotopic (exact) mass is 484 g/mol. The minimum absolute atomic E-state index is 0.152. The number of carbonyl (C=O) groups is 4. The number of rotatable bonds is 8. The summed E-state index contributed by atoms with van der Waals surface area (Å²) in [6.45, 7) is -0.418. The summed E-state index contributed by atoms with van der Waals surface area (Å²) in [5.74, 6) is -0.796. The number of nitrogens with one attached hydrogen (secondary N) is 1. The maximum Gasteiger partial charge on any atom is 0.338 e. The summed E-state index contributed by atoms with van der Waals surface area (Å²) in [7, 11) is 1.60. The molecule has 5 rings (SSSR count). The predicted octanol–water partition coefficient (Wildman–Crippen LogP) is 3.92. The average Bonchev–Trinajstić information content (AvgIpc) is 3.72. The first-order valence-corrected chi connectivity index (χ1v) is 11.6. The Bertz CT molecular complexity index is 1290. The van der Waals surface area contributed by atoms with Crippen molar-refractivity contribution in [3.05, 3.63) is 95.1 Å². The maximum atomic E-state index is 12.6. The lowest BCUT2D eigenvalue weighted by Gasteiger charge is -2.19. The van der Waals surface area contributed by atoms with Gasteiger partial charge in [0.25, 0.3) is 17.7 Å². The number of ether oxygens (including phenoxy) is 2. The molecule has 0 saturated heterocycles. The number of anilines is 1. The van der Waals surface area contributed by atoms with Gasteiger partial charge in [-0.15, -0.1) is 0 Å². The highest BCUT2D eigenvalue weighted by Crippen LogP contribution is 2.41. The van der Waals surface area contributed by atoms with Crippen LogP contribution in [0.4, 0.5) is 5.69 Å². The van der Waals surface area contributed by atoms with Gasteiger partial charge in [0.15, 0.2) is 6.61 Å². The largest absolute Gasteiger partial charge is 0.497 e. The van der Waals surface area contributed by atoms with Crippen LogP contribution in [0.15, 0.2) is 72.8 Å². The molecule has 8 heteroatoms. The number of methoxy groups -OCH3 is 1. The summed E-state index contributed by atoms with van der Waals surface area (Å²) >= 11 is 0. The highest BCUT2D eigenvalue weighted by atomic mass is 16.5. The van der Waals surface area contributed by atoms with Crippen molar-refractivity contribution in [1.82, 2.24) is 5.32 Å². The minimum Gasteiger partial charge on any atom is -0.497 e. The predicted molar refractivity (Wildman–Crippen MR) is 131 cm³/mol. The molecule has 0 spiro atoms. The van der Waals surface area contributed by atoms with Crippen LogP contribution in [0.25, 0.3) is 0 Å². The van der Waals surface area contributed by atoms with Crippen LogP contribution < -0.4 is 15.0 Å². The molecule has 0 aromatic heterocycles. The zero-order valence-corrected chi connectivity index (χ0v) is 19.6. The molecule has 1 fully saturated rings. The summed E-state index contributed by atoms with van der Waals surface area (Å²) in [5, 5.41) is 2.97. The Morgan fingerprint density at radius 3 is 2.08 bits per heavy atom. The molecule has 1 aliphatic carbocycles. The summed E-state index contributed by atoms with van der Waals surface area (Å²) in [6, 6.07) is 19.9. The smallest absolute Gasteiger partial charge is 0.338 e. The SMILES string of the molecule is COc1ccc(C(NC(=O)COC(=O)c2ccc(N3C(=O)c4ccccc4C3=O)cc2)C2CC2)cc1. The maximum absolute atomic E-state index is 12.6. The highest BCUT2D eigenvalue weighted by molar-refractivity contribution is 6.34. The summed E-state index contributed by atoms with van der Waals surface area (Å²) in [4.78, 5) is 51.4. The van der Waals surface area contributed by atoms with Crippen molar-refractivity contribution in [3.63, 3.8) is 0 Å². The Morgan fingerprint density at radius 2 is 1.53 bits per heavy atom. The third-order valence-electron chi connectivity index (χ3n) is 6.37. The third kappa shape index (κ3) is 4.57. The van der Waals surface area contributed by atoms with E-state index in [0.717, 1.165) is 29.1 Å². The van der Waals surface area contributed by atoms with Gasteiger partial charge >= 0.3 is 5.97 Å². The van der Waals surface area contributed by atoms with Crippen LogP contribution in [0.5, 0.6) is 5.75 Å². The molecule has 0 radical (unpaired) electrons. The number of benzene rings is 3. The Hall–Kier alpha value is -4.46. The average molecular weight is 485 g/mol. The van der Waals surface area contributed by atoms with E-state index >= 15 is 0 Å². The standard InChI is InChI=1S/C28H24N2O6/c1-35-21-14-10-18(11-15-21)25(17-6-7-17)29-24(31)16-36-28(34)19-8-12-20(13-9-19)30-26(32)22-4-2-3-5-23(22)27(30)33/h2-5,8-15,17,25H,6-7,16H2,1H3,(H,29,31). The van der Waals surface area contributed by atoms with E-state index < -0.39 is 30.3 Å². The normalized spacial score (nSPS) is 15.3. The molecule has 36 heavy (non-hydrogen) atoms. The van der Waals surface area contributed by atoms with Crippen molar-refractivity contribution in [2.24, 2.45) is 5.92 Å². The molecule has 3 aromatic carbocycles. The van der Waals surface area contributed by atoms with Gasteiger partial charge < -0.3 is 14.8 Å². The zero-order chi connectivity index (χ0) is 25.2. The molecule has 2 aliphatic rings. The van der Waals surface area contributed by atoms with Crippen LogP contribution >= 0.6 is 0 Å². The fraction of sp³-hybridized carbons (Fsp3) is 0.214. The van der Waals surface area contributed by atoms with Crippen LogP contribution in [-0.2, 0) is 9.53 Å². The first-order chi connectivity index (χ1) is 17.5. The topological polar surface area (TPSA) is 102 Å². The number of imide groups is 1. The molecular formula is C28H24N2O6. The molecule has 1 atom stereocenters. The fourth-order valence-corrected chi connectivity index (χ4v) is 4.31. The van der Waals surface area contributed by atoms with Crippen LogP contribution in [0.2, 0.25) is 0 Å². The number of hydrogen-bond donors (Lipinski definition) is 1. The van der Waals surface area contributed by atoms with Gasteiger partial charge in [-0.2, -0.15) is 0 Å². The number of nitrogens with zero attached hydrogens (tertiary/aromatic N) is 1. The van der Waals surface area contributed by atoms with Crippen molar-refractivity contribution < 1.29 is 28.7 Å². The summed E-state index contributed by atoms with van der Waals surface area (Å²) in [5.41, 5.74) is 2.22. The molecule has 0 bridgehead atoms. The van der Waals surface area contributed by atoms with Gasteiger partial charge in [-0.25, -0.2) is 9.69 Å². The second kappa shape index (κ2) is 9.65. The van der Waals surface area contributed by atoms with Crippen LogP contribution in [-0.4, -0.2) is 37.4 Å². The van der Waals surface area contributed by atoms with Crippen LogP contribution in [0.1, 0.15) is 55.5 Å². The molecule has 1 heterocycles. The first kappa shape index (κ1) is 23.3. The molecule has 1 N–H and O–H groups in total. The Labute approximate surface area is 207 Å². The molecule has 182 valence electrons. The summed E-state index contributed by atoms with van der Waals surface area (Å²) < 4.78 is 10.4. The molecule has 1 saturated carbocycles. The molecule has 8 nitrogen and oxygen atoms in total. The van der Waals surface area contributed by atoms with E-state index in [-0.39, 0.29) is 11.6 Å². The van der Waals surface area contributed by atoms with Gasteiger partial charge in [0.1, 0.15) is 5.75 Å². The van der Waals surface area contributed by atoms with Crippen LogP contribution in [0.3, 0.4) is 0 Å². The lowest BCUT2D eigenvalue weighted by Crippen LogP contribution is -2.33. The summed E-state index contributed by atoms with van der Waals surface area (Å²) in [6.07, 6.45) is 2.05. The molecule has 1 unspecified atom stereocenters. The second-order valence-corrected chi connectivity index (χ2v) is 8.77. The molecule has 1 aliphatic heterocycles. The number of esters is 1. The third-order valence-corrected chi connectivity index (χ3v) is 6.37. The van der Waals surface area contributed by atoms with Crippen molar-refractivity contribution in [2.75, 3.05) is 18.6 Å². The van der Waals surface area contributed by atoms with Gasteiger partial charge in [-0.3, -0.25) is 14.4 Å². The van der Waals surface area contributed by atoms with E-state index in [1.165, 1.54) is 24.3 Å².